The summed E-state index contributed by atoms with van der Waals surface area (Å²) in [5.74, 6) is -0.349. The number of nitrogens with zero attached hydrogens (tertiary/aromatic N) is 1. The van der Waals surface area contributed by atoms with Gasteiger partial charge in [-0.3, -0.25) is 0 Å². The van der Waals surface area contributed by atoms with E-state index in [-0.39, 0.29) is 10.7 Å². The Morgan fingerprint density at radius 1 is 1.09 bits per heavy atom. The Morgan fingerprint density at radius 2 is 1.77 bits per heavy atom. The van der Waals surface area contributed by atoms with Gasteiger partial charge in [-0.2, -0.15) is 4.31 Å². The second-order valence-corrected chi connectivity index (χ2v) is 7.50. The van der Waals surface area contributed by atoms with E-state index in [1.807, 2.05) is 6.92 Å². The van der Waals surface area contributed by atoms with Gasteiger partial charge in [-0.1, -0.05) is 35.9 Å². The van der Waals surface area contributed by atoms with Crippen LogP contribution in [0.5, 0.6) is 0 Å². The molecule has 3 nitrogen and oxygen atoms in total. The van der Waals surface area contributed by atoms with Gasteiger partial charge < -0.3 is 0 Å². The van der Waals surface area contributed by atoms with E-state index in [0.717, 1.165) is 12.0 Å². The molecule has 0 aliphatic carbocycles. The lowest BCUT2D eigenvalue weighted by molar-refractivity contribution is 0.386. The van der Waals surface area contributed by atoms with Gasteiger partial charge in [0.2, 0.25) is 10.0 Å². The van der Waals surface area contributed by atoms with Crippen molar-refractivity contribution in [3.8, 4) is 0 Å². The Morgan fingerprint density at radius 3 is 2.45 bits per heavy atom. The van der Waals surface area contributed by atoms with Crippen LogP contribution in [0.25, 0.3) is 0 Å². The molecule has 0 amide bonds. The summed E-state index contributed by atoms with van der Waals surface area (Å²) < 4.78 is 41.2. The van der Waals surface area contributed by atoms with E-state index in [2.05, 4.69) is 0 Å². The van der Waals surface area contributed by atoms with Crippen molar-refractivity contribution < 1.29 is 12.8 Å². The Labute approximate surface area is 130 Å². The molecule has 0 N–H and O–H groups in total. The van der Waals surface area contributed by atoms with E-state index in [1.165, 1.54) is 10.4 Å². The topological polar surface area (TPSA) is 37.4 Å². The Bertz CT molecular complexity index is 772. The average molecular weight is 319 g/mol. The molecule has 1 atom stereocenters. The molecule has 1 fully saturated rings. The van der Waals surface area contributed by atoms with Gasteiger partial charge in [0.05, 0.1) is 10.9 Å². The molecule has 22 heavy (non-hydrogen) atoms. The molecule has 1 aliphatic heterocycles. The lowest BCUT2D eigenvalue weighted by Crippen LogP contribution is -2.31. The molecule has 0 unspecified atom stereocenters. The normalized spacial score (nSPS) is 19.5. The van der Waals surface area contributed by atoms with E-state index >= 15 is 0 Å². The third-order valence-electron chi connectivity index (χ3n) is 4.10. The molecule has 3 rings (SSSR count). The van der Waals surface area contributed by atoms with Crippen LogP contribution < -0.4 is 0 Å². The molecule has 1 heterocycles. The first-order valence-electron chi connectivity index (χ1n) is 7.33. The van der Waals surface area contributed by atoms with Gasteiger partial charge in [-0.05, 0) is 38.0 Å². The Hall–Kier alpha value is -1.72. The summed E-state index contributed by atoms with van der Waals surface area (Å²) in [6.45, 7) is 2.34. The van der Waals surface area contributed by atoms with Gasteiger partial charge >= 0.3 is 0 Å². The first kappa shape index (κ1) is 15.2. The molecule has 0 radical (unpaired) electrons. The molecule has 0 spiro atoms. The van der Waals surface area contributed by atoms with Crippen LogP contribution in [0.2, 0.25) is 0 Å². The highest BCUT2D eigenvalue weighted by atomic mass is 32.2. The van der Waals surface area contributed by atoms with Crippen molar-refractivity contribution in [2.24, 2.45) is 0 Å². The maximum Gasteiger partial charge on any atom is 0.243 e. The minimum atomic E-state index is -3.60. The maximum absolute atomic E-state index is 14.0. The summed E-state index contributed by atoms with van der Waals surface area (Å²) in [6, 6.07) is 12.8. The van der Waals surface area contributed by atoms with Crippen LogP contribution in [0.4, 0.5) is 4.39 Å². The van der Waals surface area contributed by atoms with Gasteiger partial charge in [0, 0.05) is 12.1 Å². The average Bonchev–Trinajstić information content (AvgIpc) is 2.98. The largest absolute Gasteiger partial charge is 0.243 e. The van der Waals surface area contributed by atoms with Gasteiger partial charge in [0.1, 0.15) is 5.82 Å². The molecule has 0 bridgehead atoms. The van der Waals surface area contributed by atoms with Gasteiger partial charge in [-0.15, -0.1) is 0 Å². The molecule has 0 saturated carbocycles. The SMILES string of the molecule is Cc1ccc(S(=O)(=O)N2CCC[C@H]2c2ccccc2F)cc1. The van der Waals surface area contributed by atoms with E-state index < -0.39 is 16.1 Å². The zero-order chi connectivity index (χ0) is 15.7. The predicted molar refractivity (Wildman–Crippen MR) is 83.4 cm³/mol. The number of hydrogen-bond donors (Lipinski definition) is 0. The quantitative estimate of drug-likeness (QED) is 0.866. The smallest absolute Gasteiger partial charge is 0.207 e. The molecule has 0 aromatic heterocycles. The highest BCUT2D eigenvalue weighted by molar-refractivity contribution is 7.89. The fraction of sp³-hybridized carbons (Fsp3) is 0.294. The molecular formula is C17H18FNO2S. The van der Waals surface area contributed by atoms with Crippen molar-refractivity contribution in [3.63, 3.8) is 0 Å². The lowest BCUT2D eigenvalue weighted by atomic mass is 10.1. The summed E-state index contributed by atoms with van der Waals surface area (Å²) in [4.78, 5) is 0.265. The predicted octanol–water partition coefficient (Wildman–Crippen LogP) is 3.66. The van der Waals surface area contributed by atoms with Crippen LogP contribution in [0.3, 0.4) is 0 Å². The zero-order valence-corrected chi connectivity index (χ0v) is 13.2. The minimum absolute atomic E-state index is 0.265. The lowest BCUT2D eigenvalue weighted by Gasteiger charge is -2.24. The second-order valence-electron chi connectivity index (χ2n) is 5.61. The maximum atomic E-state index is 14.0. The number of halogens is 1. The van der Waals surface area contributed by atoms with E-state index in [4.69, 9.17) is 0 Å². The first-order valence-corrected chi connectivity index (χ1v) is 8.77. The monoisotopic (exact) mass is 319 g/mol. The highest BCUT2D eigenvalue weighted by Crippen LogP contribution is 2.37. The fourth-order valence-electron chi connectivity index (χ4n) is 2.93. The summed E-state index contributed by atoms with van der Waals surface area (Å²) >= 11 is 0. The Kier molecular flexibility index (Phi) is 4.02. The van der Waals surface area contributed by atoms with Crippen LogP contribution in [0.1, 0.15) is 30.0 Å². The standard InChI is InChI=1S/C17H18FNO2S/c1-13-8-10-14(11-9-13)22(20,21)19-12-4-7-17(19)15-5-2-3-6-16(15)18/h2-3,5-6,8-11,17H,4,7,12H2,1H3/t17-/m0/s1. The number of rotatable bonds is 3. The van der Waals surface area contributed by atoms with Crippen molar-refractivity contribution in [3.05, 3.63) is 65.5 Å². The molecule has 2 aromatic rings. The summed E-state index contributed by atoms with van der Waals surface area (Å²) in [6.07, 6.45) is 1.39. The van der Waals surface area contributed by atoms with Crippen molar-refractivity contribution in [2.45, 2.75) is 30.7 Å². The summed E-state index contributed by atoms with van der Waals surface area (Å²) in [5, 5.41) is 0. The highest BCUT2D eigenvalue weighted by Gasteiger charge is 2.37. The third-order valence-corrected chi connectivity index (χ3v) is 6.02. The van der Waals surface area contributed by atoms with E-state index in [9.17, 15) is 12.8 Å². The van der Waals surface area contributed by atoms with Gasteiger partial charge in [0.25, 0.3) is 0 Å². The van der Waals surface area contributed by atoms with Gasteiger partial charge in [-0.25, -0.2) is 12.8 Å². The van der Waals surface area contributed by atoms with Crippen molar-refractivity contribution in [1.29, 1.82) is 0 Å². The zero-order valence-electron chi connectivity index (χ0n) is 12.4. The minimum Gasteiger partial charge on any atom is -0.207 e. The number of sulfonamides is 1. The van der Waals surface area contributed by atoms with Crippen LogP contribution in [0, 0.1) is 12.7 Å². The van der Waals surface area contributed by atoms with Crippen molar-refractivity contribution in [1.82, 2.24) is 4.31 Å². The molecule has 1 aliphatic rings. The molecular weight excluding hydrogens is 301 g/mol. The first-order chi connectivity index (χ1) is 10.5. The van der Waals surface area contributed by atoms with Crippen LogP contribution in [-0.2, 0) is 10.0 Å². The van der Waals surface area contributed by atoms with Crippen LogP contribution >= 0.6 is 0 Å². The van der Waals surface area contributed by atoms with Crippen LogP contribution in [-0.4, -0.2) is 19.3 Å². The van der Waals surface area contributed by atoms with E-state index in [0.29, 0.717) is 18.5 Å². The Balaban J connectivity index is 1.99. The van der Waals surface area contributed by atoms with Crippen molar-refractivity contribution >= 4 is 10.0 Å². The molecule has 2 aromatic carbocycles. The second kappa shape index (κ2) is 5.82. The van der Waals surface area contributed by atoms with E-state index in [1.54, 1.807) is 42.5 Å². The molecule has 5 heteroatoms. The fourth-order valence-corrected chi connectivity index (χ4v) is 4.60. The number of hydrogen-bond acceptors (Lipinski definition) is 2. The number of benzene rings is 2. The molecule has 116 valence electrons. The van der Waals surface area contributed by atoms with Crippen LogP contribution in [0.15, 0.2) is 53.4 Å². The summed E-state index contributed by atoms with van der Waals surface area (Å²) in [7, 11) is -3.60. The van der Waals surface area contributed by atoms with Gasteiger partial charge in [0.15, 0.2) is 0 Å². The third kappa shape index (κ3) is 2.66. The number of aryl methyl sites for hydroxylation is 1. The summed E-state index contributed by atoms with van der Waals surface area (Å²) in [5.41, 5.74) is 1.46. The van der Waals surface area contributed by atoms with Crippen molar-refractivity contribution in [2.75, 3.05) is 6.54 Å². The molecule has 1 saturated heterocycles.